The van der Waals surface area contributed by atoms with Crippen LogP contribution in [-0.2, 0) is 11.3 Å². The lowest BCUT2D eigenvalue weighted by Gasteiger charge is -2.32. The van der Waals surface area contributed by atoms with Crippen LogP contribution in [0.2, 0.25) is 0 Å². The first-order valence-corrected chi connectivity index (χ1v) is 12.7. The Balaban J connectivity index is 1.26. The van der Waals surface area contributed by atoms with Gasteiger partial charge in [0.25, 0.3) is 5.91 Å². The highest BCUT2D eigenvalue weighted by Crippen LogP contribution is 2.33. The molecule has 2 heterocycles. The quantitative estimate of drug-likeness (QED) is 0.327. The summed E-state index contributed by atoms with van der Waals surface area (Å²) in [7, 11) is 1.58. The van der Waals surface area contributed by atoms with Crippen LogP contribution < -0.4 is 15.4 Å². The van der Waals surface area contributed by atoms with E-state index in [4.69, 9.17) is 14.5 Å². The largest absolute Gasteiger partial charge is 0.457 e. The minimum atomic E-state index is -0.252. The van der Waals surface area contributed by atoms with Crippen molar-refractivity contribution in [3.05, 3.63) is 78.1 Å². The number of thiazole rings is 1. The third-order valence-corrected chi connectivity index (χ3v) is 7.05. The minimum absolute atomic E-state index is 0.163. The molecule has 1 amide bonds. The van der Waals surface area contributed by atoms with Gasteiger partial charge >= 0.3 is 0 Å². The molecule has 2 atom stereocenters. The number of carbonyl (C=O) groups excluding carboxylic acids is 1. The lowest BCUT2D eigenvalue weighted by molar-refractivity contribution is 0.00884. The Hall–Kier alpha value is -3.49. The van der Waals surface area contributed by atoms with Crippen LogP contribution in [0.1, 0.15) is 41.7 Å². The van der Waals surface area contributed by atoms with Gasteiger partial charge < -0.3 is 20.1 Å². The number of carbonyl (C=O) groups is 1. The number of anilines is 1. The minimum Gasteiger partial charge on any atom is -0.457 e. The second kappa shape index (κ2) is 10.8. The van der Waals surface area contributed by atoms with Crippen molar-refractivity contribution < 1.29 is 14.3 Å². The molecule has 8 heteroatoms. The summed E-state index contributed by atoms with van der Waals surface area (Å²) in [5.74, 6) is 0.989. The molecule has 2 N–H and O–H groups in total. The van der Waals surface area contributed by atoms with Crippen molar-refractivity contribution in [1.82, 2.24) is 15.3 Å². The number of hydrogen-bond donors (Lipinski definition) is 2. The van der Waals surface area contributed by atoms with Gasteiger partial charge in [0.15, 0.2) is 5.13 Å². The van der Waals surface area contributed by atoms with Crippen molar-refractivity contribution in [3.63, 3.8) is 0 Å². The first kappa shape index (κ1) is 23.3. The molecule has 2 aromatic carbocycles. The van der Waals surface area contributed by atoms with Crippen molar-refractivity contribution >= 4 is 32.6 Å². The van der Waals surface area contributed by atoms with E-state index in [1.165, 1.54) is 18.4 Å². The standard InChI is InChI=1S/C27H28N4O3S/c1-28-26(32)23-15-20(13-14-29-23)34-19-11-12-22-25(16-19)35-27(31-22)30-21-9-5-6-10-24(21)33-17-18-7-3-2-4-8-18/h2-4,7-8,11-16,21,24H,5-6,9-10,17H2,1H3,(H,28,32)(H,30,31)/t21-,24-/m0/s1. The highest BCUT2D eigenvalue weighted by atomic mass is 32.1. The zero-order valence-corrected chi connectivity index (χ0v) is 20.4. The molecule has 0 unspecified atom stereocenters. The van der Waals surface area contributed by atoms with Crippen LogP contribution in [0.25, 0.3) is 10.2 Å². The molecule has 0 aliphatic heterocycles. The fourth-order valence-electron chi connectivity index (χ4n) is 4.29. The van der Waals surface area contributed by atoms with E-state index in [0.29, 0.717) is 23.8 Å². The molecule has 0 radical (unpaired) electrons. The Morgan fingerprint density at radius 3 is 2.74 bits per heavy atom. The van der Waals surface area contributed by atoms with Gasteiger partial charge in [-0.05, 0) is 36.6 Å². The third kappa shape index (κ3) is 5.78. The Bertz CT molecular complexity index is 1290. The van der Waals surface area contributed by atoms with Crippen molar-refractivity contribution in [2.24, 2.45) is 0 Å². The second-order valence-corrected chi connectivity index (χ2v) is 9.61. The van der Waals surface area contributed by atoms with Gasteiger partial charge in [0.2, 0.25) is 0 Å². The number of aromatic nitrogens is 2. The Morgan fingerprint density at radius 2 is 1.89 bits per heavy atom. The zero-order chi connectivity index (χ0) is 24.0. The van der Waals surface area contributed by atoms with Crippen LogP contribution in [0.3, 0.4) is 0 Å². The number of rotatable bonds is 8. The van der Waals surface area contributed by atoms with Gasteiger partial charge in [0.05, 0.1) is 29.0 Å². The van der Waals surface area contributed by atoms with Crippen molar-refractivity contribution in [2.75, 3.05) is 12.4 Å². The molecule has 4 aromatic rings. The Labute approximate surface area is 208 Å². The molecule has 1 saturated carbocycles. The molecular weight excluding hydrogens is 460 g/mol. The molecule has 5 rings (SSSR count). The number of fused-ring (bicyclic) bond motifs is 1. The second-order valence-electron chi connectivity index (χ2n) is 8.58. The molecule has 1 aliphatic rings. The number of pyridine rings is 1. The number of ether oxygens (including phenoxy) is 2. The number of nitrogens with zero attached hydrogens (tertiary/aromatic N) is 2. The lowest BCUT2D eigenvalue weighted by atomic mass is 9.92. The topological polar surface area (TPSA) is 85.4 Å². The van der Waals surface area contributed by atoms with Gasteiger partial charge in [-0.2, -0.15) is 0 Å². The molecule has 2 aromatic heterocycles. The van der Waals surface area contributed by atoms with Gasteiger partial charge in [0.1, 0.15) is 17.2 Å². The van der Waals surface area contributed by atoms with Crippen LogP contribution in [0, 0.1) is 0 Å². The van der Waals surface area contributed by atoms with Crippen molar-refractivity contribution in [1.29, 1.82) is 0 Å². The molecule has 7 nitrogen and oxygen atoms in total. The summed E-state index contributed by atoms with van der Waals surface area (Å²) < 4.78 is 13.3. The Kier molecular flexibility index (Phi) is 7.20. The zero-order valence-electron chi connectivity index (χ0n) is 19.6. The summed E-state index contributed by atoms with van der Waals surface area (Å²) in [5.41, 5.74) is 2.43. The van der Waals surface area contributed by atoms with E-state index in [1.54, 1.807) is 36.7 Å². The maximum absolute atomic E-state index is 11.8. The summed E-state index contributed by atoms with van der Waals surface area (Å²) in [6.45, 7) is 0.626. The van der Waals surface area contributed by atoms with Crippen LogP contribution in [0.15, 0.2) is 66.9 Å². The van der Waals surface area contributed by atoms with Crippen LogP contribution >= 0.6 is 11.3 Å². The lowest BCUT2D eigenvalue weighted by Crippen LogP contribution is -2.38. The van der Waals surface area contributed by atoms with Gasteiger partial charge in [0, 0.05) is 25.4 Å². The summed E-state index contributed by atoms with van der Waals surface area (Å²) in [4.78, 5) is 20.7. The number of benzene rings is 2. The highest BCUT2D eigenvalue weighted by Gasteiger charge is 2.26. The number of amides is 1. The molecule has 35 heavy (non-hydrogen) atoms. The molecule has 0 bridgehead atoms. The molecule has 1 fully saturated rings. The maximum atomic E-state index is 11.8. The molecule has 1 aliphatic carbocycles. The summed E-state index contributed by atoms with van der Waals surface area (Å²) in [6.07, 6.45) is 6.23. The van der Waals surface area contributed by atoms with E-state index in [2.05, 4.69) is 27.8 Å². The fourth-order valence-corrected chi connectivity index (χ4v) is 5.25. The average molecular weight is 489 g/mol. The van der Waals surface area contributed by atoms with E-state index >= 15 is 0 Å². The first-order chi connectivity index (χ1) is 17.2. The van der Waals surface area contributed by atoms with Gasteiger partial charge in [-0.3, -0.25) is 9.78 Å². The van der Waals surface area contributed by atoms with E-state index < -0.39 is 0 Å². The van der Waals surface area contributed by atoms with Gasteiger partial charge in [-0.25, -0.2) is 4.98 Å². The molecule has 0 saturated heterocycles. The van der Waals surface area contributed by atoms with Crippen LogP contribution in [0.4, 0.5) is 5.13 Å². The fraction of sp³-hybridized carbons (Fsp3) is 0.296. The highest BCUT2D eigenvalue weighted by molar-refractivity contribution is 7.22. The van der Waals surface area contributed by atoms with E-state index in [0.717, 1.165) is 28.2 Å². The Morgan fingerprint density at radius 1 is 1.06 bits per heavy atom. The monoisotopic (exact) mass is 488 g/mol. The summed E-state index contributed by atoms with van der Waals surface area (Å²) >= 11 is 1.61. The maximum Gasteiger partial charge on any atom is 0.269 e. The normalized spacial score (nSPS) is 17.7. The van der Waals surface area contributed by atoms with Crippen molar-refractivity contribution in [3.8, 4) is 11.5 Å². The van der Waals surface area contributed by atoms with Crippen LogP contribution in [-0.4, -0.2) is 35.1 Å². The SMILES string of the molecule is CNC(=O)c1cc(Oc2ccc3nc(N[C@H]4CCCC[C@@H]4OCc4ccccc4)sc3c2)ccn1. The van der Waals surface area contributed by atoms with Crippen molar-refractivity contribution in [2.45, 2.75) is 44.4 Å². The predicted molar refractivity (Wildman–Crippen MR) is 138 cm³/mol. The third-order valence-electron chi connectivity index (χ3n) is 6.11. The van der Waals surface area contributed by atoms with Gasteiger partial charge in [-0.1, -0.05) is 54.5 Å². The molecular formula is C27H28N4O3S. The van der Waals surface area contributed by atoms with Gasteiger partial charge in [-0.15, -0.1) is 0 Å². The average Bonchev–Trinajstić information content (AvgIpc) is 3.30. The number of nitrogens with one attached hydrogen (secondary N) is 2. The first-order valence-electron chi connectivity index (χ1n) is 11.9. The van der Waals surface area contributed by atoms with E-state index in [1.807, 2.05) is 36.4 Å². The smallest absolute Gasteiger partial charge is 0.269 e. The van der Waals surface area contributed by atoms with E-state index in [-0.39, 0.29) is 18.1 Å². The summed E-state index contributed by atoms with van der Waals surface area (Å²) in [5, 5.41) is 7.11. The predicted octanol–water partition coefficient (Wildman–Crippen LogP) is 5.78. The summed E-state index contributed by atoms with van der Waals surface area (Å²) in [6, 6.07) is 19.7. The van der Waals surface area contributed by atoms with E-state index in [9.17, 15) is 4.79 Å². The molecule has 180 valence electrons. The molecule has 0 spiro atoms. The van der Waals surface area contributed by atoms with Crippen LogP contribution in [0.5, 0.6) is 11.5 Å². The number of hydrogen-bond acceptors (Lipinski definition) is 7.